The Morgan fingerprint density at radius 2 is 1.38 bits per heavy atom. The van der Waals surface area contributed by atoms with Gasteiger partial charge >= 0.3 is 0 Å². The maximum absolute atomic E-state index is 6.04. The number of hydrogen-bond acceptors (Lipinski definition) is 2. The number of benzene rings is 2. The van der Waals surface area contributed by atoms with Crippen molar-refractivity contribution in [2.24, 2.45) is 10.2 Å². The first kappa shape index (κ1) is 12.8. The van der Waals surface area contributed by atoms with Gasteiger partial charge < -0.3 is 0 Å². The molecule has 4 rings (SSSR count). The van der Waals surface area contributed by atoms with E-state index in [2.05, 4.69) is 46.6 Å². The lowest BCUT2D eigenvalue weighted by molar-refractivity contribution is 0.643. The first-order valence-corrected chi connectivity index (χ1v) is 7.66. The van der Waals surface area contributed by atoms with Gasteiger partial charge in [-0.2, -0.15) is 10.2 Å². The number of nitrogens with zero attached hydrogens (tertiary/aromatic N) is 2. The summed E-state index contributed by atoms with van der Waals surface area (Å²) in [5, 5.41) is 9.60. The maximum Gasteiger partial charge on any atom is 0.0949 e. The van der Waals surface area contributed by atoms with Gasteiger partial charge in [0.2, 0.25) is 0 Å². The van der Waals surface area contributed by atoms with E-state index in [-0.39, 0.29) is 12.1 Å². The normalized spacial score (nSPS) is 22.8. The van der Waals surface area contributed by atoms with Gasteiger partial charge in [-0.3, -0.25) is 0 Å². The summed E-state index contributed by atoms with van der Waals surface area (Å²) in [6.45, 7) is 0. The number of rotatable bonds is 2. The van der Waals surface area contributed by atoms with Gasteiger partial charge in [0, 0.05) is 5.02 Å². The van der Waals surface area contributed by atoms with Crippen molar-refractivity contribution in [3.8, 4) is 0 Å². The van der Waals surface area contributed by atoms with E-state index in [9.17, 15) is 0 Å². The van der Waals surface area contributed by atoms with Crippen LogP contribution in [0, 0.1) is 0 Å². The van der Waals surface area contributed by atoms with Crippen molar-refractivity contribution in [3.63, 3.8) is 0 Å². The molecule has 1 saturated carbocycles. The fraction of sp³-hybridized carbons (Fsp3) is 0.222. The molecule has 21 heavy (non-hydrogen) atoms. The van der Waals surface area contributed by atoms with Crippen molar-refractivity contribution in [1.29, 1.82) is 0 Å². The molecule has 2 aromatic rings. The fourth-order valence-electron chi connectivity index (χ4n) is 3.30. The summed E-state index contributed by atoms with van der Waals surface area (Å²) in [6, 6.07) is 19.1. The van der Waals surface area contributed by atoms with Crippen LogP contribution in [0.1, 0.15) is 24.0 Å². The molecule has 2 aliphatic rings. The van der Waals surface area contributed by atoms with E-state index in [0.717, 1.165) is 17.9 Å². The monoisotopic (exact) mass is 294 g/mol. The Hall–Kier alpha value is -1.93. The van der Waals surface area contributed by atoms with Crippen LogP contribution in [0.15, 0.2) is 70.4 Å². The molecule has 0 radical (unpaired) electrons. The Bertz CT molecular complexity index is 701. The minimum atomic E-state index is 0.265. The molecule has 0 saturated heterocycles. The fourth-order valence-corrected chi connectivity index (χ4v) is 3.43. The van der Waals surface area contributed by atoms with Gasteiger partial charge in [-0.1, -0.05) is 54.1 Å². The molecule has 0 aromatic heterocycles. The van der Waals surface area contributed by atoms with Crippen LogP contribution in [0.2, 0.25) is 5.02 Å². The summed E-state index contributed by atoms with van der Waals surface area (Å²) in [7, 11) is 0. The van der Waals surface area contributed by atoms with Crippen molar-refractivity contribution < 1.29 is 0 Å². The van der Waals surface area contributed by atoms with Crippen LogP contribution >= 0.6 is 11.6 Å². The highest BCUT2D eigenvalue weighted by Crippen LogP contribution is 2.43. The zero-order valence-corrected chi connectivity index (χ0v) is 12.3. The van der Waals surface area contributed by atoms with Gasteiger partial charge in [-0.15, -0.1) is 0 Å². The first-order chi connectivity index (χ1) is 10.3. The quantitative estimate of drug-likeness (QED) is 0.733. The second-order valence-corrected chi connectivity index (χ2v) is 5.98. The molecule has 0 amide bonds. The molecule has 2 aromatic carbocycles. The van der Waals surface area contributed by atoms with Gasteiger partial charge in [0.25, 0.3) is 0 Å². The average Bonchev–Trinajstić information content (AvgIpc) is 3.11. The first-order valence-electron chi connectivity index (χ1n) is 7.28. The lowest BCUT2D eigenvalue weighted by Crippen LogP contribution is -2.05. The second-order valence-electron chi connectivity index (χ2n) is 5.54. The van der Waals surface area contributed by atoms with Crippen molar-refractivity contribution >= 4 is 17.2 Å². The highest BCUT2D eigenvalue weighted by atomic mass is 35.5. The second kappa shape index (κ2) is 5.12. The van der Waals surface area contributed by atoms with Crippen LogP contribution < -0.4 is 0 Å². The van der Waals surface area contributed by atoms with Crippen LogP contribution in [0.4, 0.5) is 0 Å². The highest BCUT2D eigenvalue weighted by molar-refractivity contribution is 6.30. The van der Waals surface area contributed by atoms with Crippen LogP contribution in [0.25, 0.3) is 5.57 Å². The third-order valence-electron chi connectivity index (χ3n) is 4.26. The van der Waals surface area contributed by atoms with Crippen molar-refractivity contribution in [2.75, 3.05) is 0 Å². The van der Waals surface area contributed by atoms with Gasteiger partial charge in [0.15, 0.2) is 0 Å². The van der Waals surface area contributed by atoms with Crippen LogP contribution in [-0.2, 0) is 0 Å². The topological polar surface area (TPSA) is 24.7 Å². The van der Waals surface area contributed by atoms with Crippen molar-refractivity contribution in [3.05, 3.63) is 76.3 Å². The highest BCUT2D eigenvalue weighted by Gasteiger charge is 2.38. The van der Waals surface area contributed by atoms with E-state index in [0.29, 0.717) is 0 Å². The van der Waals surface area contributed by atoms with E-state index in [1.807, 2.05) is 18.2 Å². The molecule has 2 bridgehead atoms. The molecular formula is C18H15ClN2. The Morgan fingerprint density at radius 1 is 0.810 bits per heavy atom. The van der Waals surface area contributed by atoms with E-state index in [1.165, 1.54) is 22.3 Å². The molecular weight excluding hydrogens is 280 g/mol. The predicted octanol–water partition coefficient (Wildman–Crippen LogP) is 5.14. The Morgan fingerprint density at radius 3 is 1.95 bits per heavy atom. The number of fused-ring (bicyclic) bond motifs is 2. The number of hydrogen-bond donors (Lipinski definition) is 0. The molecule has 1 heterocycles. The summed E-state index contributed by atoms with van der Waals surface area (Å²) >= 11 is 6.04. The lowest BCUT2D eigenvalue weighted by atomic mass is 9.90. The minimum Gasteiger partial charge on any atom is -0.186 e. The maximum atomic E-state index is 6.04. The summed E-state index contributed by atoms with van der Waals surface area (Å²) in [6.07, 6.45) is 2.24. The Balaban J connectivity index is 1.92. The van der Waals surface area contributed by atoms with E-state index in [1.54, 1.807) is 0 Å². The zero-order valence-electron chi connectivity index (χ0n) is 11.5. The molecule has 0 N–H and O–H groups in total. The van der Waals surface area contributed by atoms with Crippen LogP contribution in [-0.4, -0.2) is 12.1 Å². The molecule has 1 aliphatic heterocycles. The Kier molecular flexibility index (Phi) is 3.12. The van der Waals surface area contributed by atoms with Gasteiger partial charge in [-0.05, 0) is 47.2 Å². The van der Waals surface area contributed by atoms with E-state index >= 15 is 0 Å². The standard InChI is InChI=1S/C18H15ClN2/c19-14-8-6-13(7-9-14)17(12-4-2-1-3-5-12)18-15-10-11-16(18)21-20-15/h1-9,15-16H,10-11H2. The molecule has 1 fully saturated rings. The van der Waals surface area contributed by atoms with E-state index in [4.69, 9.17) is 11.6 Å². The van der Waals surface area contributed by atoms with Gasteiger partial charge in [0.05, 0.1) is 12.1 Å². The number of halogens is 1. The summed E-state index contributed by atoms with van der Waals surface area (Å²) < 4.78 is 0. The molecule has 104 valence electrons. The SMILES string of the molecule is Clc1ccc(C(=C2C3CCC2N=N3)c2ccccc2)cc1. The van der Waals surface area contributed by atoms with Crippen molar-refractivity contribution in [1.82, 2.24) is 0 Å². The zero-order chi connectivity index (χ0) is 14.2. The molecule has 2 atom stereocenters. The summed E-state index contributed by atoms with van der Waals surface area (Å²) in [5.74, 6) is 0. The Labute approximate surface area is 129 Å². The third kappa shape index (κ3) is 2.20. The minimum absolute atomic E-state index is 0.265. The summed E-state index contributed by atoms with van der Waals surface area (Å²) in [5.41, 5.74) is 5.09. The van der Waals surface area contributed by atoms with Crippen LogP contribution in [0.5, 0.6) is 0 Å². The third-order valence-corrected chi connectivity index (χ3v) is 4.51. The molecule has 2 nitrogen and oxygen atoms in total. The largest absolute Gasteiger partial charge is 0.186 e. The average molecular weight is 295 g/mol. The smallest absolute Gasteiger partial charge is 0.0949 e. The van der Waals surface area contributed by atoms with Crippen molar-refractivity contribution in [2.45, 2.75) is 24.9 Å². The lowest BCUT2D eigenvalue weighted by Gasteiger charge is -2.14. The molecule has 0 spiro atoms. The summed E-state index contributed by atoms with van der Waals surface area (Å²) in [4.78, 5) is 0. The van der Waals surface area contributed by atoms with E-state index < -0.39 is 0 Å². The van der Waals surface area contributed by atoms with Crippen LogP contribution in [0.3, 0.4) is 0 Å². The number of azo groups is 1. The molecule has 1 aliphatic carbocycles. The van der Waals surface area contributed by atoms with Gasteiger partial charge in [-0.25, -0.2) is 0 Å². The van der Waals surface area contributed by atoms with Gasteiger partial charge in [0.1, 0.15) is 0 Å². The molecule has 2 unspecified atom stereocenters. The molecule has 3 heteroatoms. The predicted molar refractivity (Wildman–Crippen MR) is 85.6 cm³/mol.